The fraction of sp³-hybridized carbons (Fsp3) is 0.429. The Morgan fingerprint density at radius 3 is 2.70 bits per heavy atom. The van der Waals surface area contributed by atoms with Gasteiger partial charge in [0.1, 0.15) is 6.07 Å². The Morgan fingerprint density at radius 1 is 1.35 bits per heavy atom. The van der Waals surface area contributed by atoms with Crippen molar-refractivity contribution in [3.8, 4) is 6.07 Å². The van der Waals surface area contributed by atoms with Crippen LogP contribution in [-0.4, -0.2) is 23.3 Å². The van der Waals surface area contributed by atoms with Crippen LogP contribution in [0.1, 0.15) is 31.2 Å². The van der Waals surface area contributed by atoms with Crippen LogP contribution in [0.3, 0.4) is 0 Å². The quantitative estimate of drug-likeness (QED) is 0.799. The van der Waals surface area contributed by atoms with Crippen molar-refractivity contribution in [1.82, 2.24) is 5.32 Å². The van der Waals surface area contributed by atoms with E-state index in [4.69, 9.17) is 22.0 Å². The van der Waals surface area contributed by atoms with Crippen LogP contribution in [0.5, 0.6) is 0 Å². The van der Waals surface area contributed by atoms with Gasteiger partial charge in [0, 0.05) is 11.1 Å². The summed E-state index contributed by atoms with van der Waals surface area (Å²) in [5.74, 6) is 0. The van der Waals surface area contributed by atoms with Crippen molar-refractivity contribution in [3.05, 3.63) is 28.8 Å². The number of rotatable bonds is 3. The highest BCUT2D eigenvalue weighted by atomic mass is 35.5. The van der Waals surface area contributed by atoms with E-state index in [1.807, 2.05) is 0 Å². The Bertz CT molecular complexity index is 542. The molecule has 6 heteroatoms. The number of amides is 1. The van der Waals surface area contributed by atoms with Crippen LogP contribution in [0.2, 0.25) is 5.02 Å². The lowest BCUT2D eigenvalue weighted by atomic mass is 9.90. The lowest BCUT2D eigenvalue weighted by molar-refractivity contribution is 0.184. The monoisotopic (exact) mass is 293 g/mol. The summed E-state index contributed by atoms with van der Waals surface area (Å²) in [5.41, 5.74) is 1.16. The summed E-state index contributed by atoms with van der Waals surface area (Å²) in [6.07, 6.45) is 2.69. The van der Waals surface area contributed by atoms with Gasteiger partial charge in [0.05, 0.1) is 17.3 Å². The molecular formula is C14H16ClN3O2. The van der Waals surface area contributed by atoms with E-state index < -0.39 is 6.09 Å². The minimum Gasteiger partial charge on any atom is -0.465 e. The molecule has 0 bridgehead atoms. The zero-order valence-electron chi connectivity index (χ0n) is 10.9. The van der Waals surface area contributed by atoms with Gasteiger partial charge in [-0.1, -0.05) is 24.4 Å². The first-order valence-electron chi connectivity index (χ1n) is 6.56. The largest absolute Gasteiger partial charge is 0.465 e. The maximum atomic E-state index is 10.8. The molecule has 0 heterocycles. The topological polar surface area (TPSA) is 85.2 Å². The van der Waals surface area contributed by atoms with Crippen LogP contribution in [0, 0.1) is 11.3 Å². The van der Waals surface area contributed by atoms with Gasteiger partial charge in [-0.05, 0) is 31.0 Å². The third-order valence-electron chi connectivity index (χ3n) is 3.52. The second-order valence-corrected chi connectivity index (χ2v) is 5.33. The molecule has 1 aliphatic carbocycles. The molecule has 1 aromatic carbocycles. The van der Waals surface area contributed by atoms with Crippen LogP contribution >= 0.6 is 11.6 Å². The summed E-state index contributed by atoms with van der Waals surface area (Å²) < 4.78 is 0. The first-order valence-corrected chi connectivity index (χ1v) is 6.93. The van der Waals surface area contributed by atoms with Gasteiger partial charge in [-0.2, -0.15) is 5.26 Å². The molecule has 0 aromatic heterocycles. The number of nitriles is 1. The molecule has 2 rings (SSSR count). The highest BCUT2D eigenvalue weighted by molar-refractivity contribution is 6.30. The molecule has 3 N–H and O–H groups in total. The molecule has 0 unspecified atom stereocenters. The zero-order chi connectivity index (χ0) is 14.5. The van der Waals surface area contributed by atoms with E-state index in [1.165, 1.54) is 0 Å². The smallest absolute Gasteiger partial charge is 0.404 e. The Balaban J connectivity index is 2.16. The maximum absolute atomic E-state index is 10.8. The Hall–Kier alpha value is -1.93. The molecule has 20 heavy (non-hydrogen) atoms. The zero-order valence-corrected chi connectivity index (χ0v) is 11.7. The van der Waals surface area contributed by atoms with E-state index in [2.05, 4.69) is 16.7 Å². The third-order valence-corrected chi connectivity index (χ3v) is 3.75. The van der Waals surface area contributed by atoms with E-state index >= 15 is 0 Å². The molecule has 0 aliphatic heterocycles. The molecule has 2 atom stereocenters. The van der Waals surface area contributed by atoms with Crippen LogP contribution in [0.4, 0.5) is 10.5 Å². The summed E-state index contributed by atoms with van der Waals surface area (Å²) in [6, 6.07) is 6.97. The Labute approximate surface area is 122 Å². The number of hydrogen-bond acceptors (Lipinski definition) is 3. The molecule has 1 aliphatic rings. The van der Waals surface area contributed by atoms with E-state index in [-0.39, 0.29) is 12.1 Å². The number of halogens is 1. The number of anilines is 1. The van der Waals surface area contributed by atoms with Crippen molar-refractivity contribution in [3.63, 3.8) is 0 Å². The van der Waals surface area contributed by atoms with Crippen LogP contribution in [-0.2, 0) is 0 Å². The molecule has 0 spiro atoms. The molecule has 1 fully saturated rings. The van der Waals surface area contributed by atoms with Crippen molar-refractivity contribution in [2.24, 2.45) is 0 Å². The Morgan fingerprint density at radius 2 is 2.05 bits per heavy atom. The van der Waals surface area contributed by atoms with Gasteiger partial charge in [0.25, 0.3) is 0 Å². The second kappa shape index (κ2) is 6.49. The number of benzene rings is 1. The first-order chi connectivity index (χ1) is 9.60. The molecular weight excluding hydrogens is 278 g/mol. The maximum Gasteiger partial charge on any atom is 0.404 e. The standard InChI is InChI=1S/C14H16ClN3O2/c15-10-6-5-9(8-16)13(7-10)17-11-3-1-2-4-12(11)18-14(19)20/h5-7,11-12,17-18H,1-4H2,(H,19,20)/t11-,12-/m0/s1. The number of hydrogen-bond donors (Lipinski definition) is 3. The highest BCUT2D eigenvalue weighted by Crippen LogP contribution is 2.26. The molecule has 0 saturated heterocycles. The molecule has 1 aromatic rings. The minimum atomic E-state index is -1.02. The Kier molecular flexibility index (Phi) is 4.70. The van der Waals surface area contributed by atoms with E-state index in [0.717, 1.165) is 25.7 Å². The summed E-state index contributed by atoms with van der Waals surface area (Å²) in [6.45, 7) is 0. The summed E-state index contributed by atoms with van der Waals surface area (Å²) in [7, 11) is 0. The fourth-order valence-electron chi connectivity index (χ4n) is 2.57. The summed E-state index contributed by atoms with van der Waals surface area (Å²) in [5, 5.41) is 24.3. The van der Waals surface area contributed by atoms with Crippen LogP contribution in [0.15, 0.2) is 18.2 Å². The number of carbonyl (C=O) groups is 1. The average Bonchev–Trinajstić information content (AvgIpc) is 2.41. The van der Waals surface area contributed by atoms with Gasteiger partial charge >= 0.3 is 6.09 Å². The van der Waals surface area contributed by atoms with Gasteiger partial charge in [-0.15, -0.1) is 0 Å². The van der Waals surface area contributed by atoms with Crippen molar-refractivity contribution in [2.75, 3.05) is 5.32 Å². The van der Waals surface area contributed by atoms with Crippen molar-refractivity contribution in [1.29, 1.82) is 5.26 Å². The van der Waals surface area contributed by atoms with Crippen LogP contribution < -0.4 is 10.6 Å². The lowest BCUT2D eigenvalue weighted by Gasteiger charge is -2.33. The second-order valence-electron chi connectivity index (χ2n) is 4.89. The van der Waals surface area contributed by atoms with E-state index in [9.17, 15) is 4.79 Å². The molecule has 1 saturated carbocycles. The van der Waals surface area contributed by atoms with Gasteiger partial charge in [0.2, 0.25) is 0 Å². The third kappa shape index (κ3) is 3.55. The van der Waals surface area contributed by atoms with Crippen molar-refractivity contribution in [2.45, 2.75) is 37.8 Å². The van der Waals surface area contributed by atoms with Crippen molar-refractivity contribution < 1.29 is 9.90 Å². The predicted molar refractivity (Wildman–Crippen MR) is 77.0 cm³/mol. The number of nitrogens with zero attached hydrogens (tertiary/aromatic N) is 1. The highest BCUT2D eigenvalue weighted by Gasteiger charge is 2.26. The van der Waals surface area contributed by atoms with Gasteiger partial charge in [-0.3, -0.25) is 0 Å². The van der Waals surface area contributed by atoms with E-state index in [1.54, 1.807) is 18.2 Å². The number of carboxylic acid groups (broad SMARTS) is 1. The van der Waals surface area contributed by atoms with Gasteiger partial charge in [0.15, 0.2) is 0 Å². The summed E-state index contributed by atoms with van der Waals surface area (Å²) >= 11 is 5.95. The SMILES string of the molecule is N#Cc1ccc(Cl)cc1N[C@H]1CCCC[C@@H]1NC(=O)O. The molecule has 5 nitrogen and oxygen atoms in total. The van der Waals surface area contributed by atoms with Crippen LogP contribution in [0.25, 0.3) is 0 Å². The van der Waals surface area contributed by atoms with Gasteiger partial charge < -0.3 is 15.7 Å². The lowest BCUT2D eigenvalue weighted by Crippen LogP contribution is -2.48. The molecule has 106 valence electrons. The first kappa shape index (κ1) is 14.5. The predicted octanol–water partition coefficient (Wildman–Crippen LogP) is 3.20. The van der Waals surface area contributed by atoms with Crippen molar-refractivity contribution >= 4 is 23.4 Å². The minimum absolute atomic E-state index is 0.0228. The average molecular weight is 294 g/mol. The van der Waals surface area contributed by atoms with Gasteiger partial charge in [-0.25, -0.2) is 4.79 Å². The molecule has 0 radical (unpaired) electrons. The number of nitrogens with one attached hydrogen (secondary N) is 2. The van der Waals surface area contributed by atoms with E-state index in [0.29, 0.717) is 16.3 Å². The molecule has 1 amide bonds. The summed E-state index contributed by atoms with van der Waals surface area (Å²) in [4.78, 5) is 10.8. The fourth-order valence-corrected chi connectivity index (χ4v) is 2.74. The normalized spacial score (nSPS) is 21.8.